The summed E-state index contributed by atoms with van der Waals surface area (Å²) in [5.74, 6) is 2.17. The van der Waals surface area contributed by atoms with Crippen LogP contribution in [0.15, 0.2) is 84.9 Å². The number of benzene rings is 4. The molecule has 4 N–H and O–H groups in total. The van der Waals surface area contributed by atoms with Crippen molar-refractivity contribution in [3.63, 3.8) is 0 Å². The third-order valence-electron chi connectivity index (χ3n) is 15.0. The van der Waals surface area contributed by atoms with Gasteiger partial charge in [-0.25, -0.2) is 0 Å². The van der Waals surface area contributed by atoms with Crippen LogP contribution in [0.2, 0.25) is 0 Å². The summed E-state index contributed by atoms with van der Waals surface area (Å²) in [6.07, 6.45) is 5.80. The number of ether oxygens (including phenoxy) is 3. The Morgan fingerprint density at radius 3 is 2.45 bits per heavy atom. The van der Waals surface area contributed by atoms with Gasteiger partial charge in [0.25, 0.3) is 0 Å². The quantitative estimate of drug-likeness (QED) is 0.137. The average molecular weight is 873 g/mol. The van der Waals surface area contributed by atoms with Crippen LogP contribution in [0.25, 0.3) is 0 Å². The number of ketones is 1. The maximum absolute atomic E-state index is 12.7. The molecule has 3 aliphatic carbocycles. The third-order valence-corrected chi connectivity index (χ3v) is 15.0. The van der Waals surface area contributed by atoms with E-state index in [9.17, 15) is 20.1 Å². The van der Waals surface area contributed by atoms with Crippen molar-refractivity contribution in [2.45, 2.75) is 107 Å². The minimum absolute atomic E-state index is 0.0454. The first-order valence-corrected chi connectivity index (χ1v) is 23.7. The number of para-hydroxylation sites is 1. The lowest BCUT2D eigenvalue weighted by Crippen LogP contribution is -2.76. The second-order valence-corrected chi connectivity index (χ2v) is 19.6. The van der Waals surface area contributed by atoms with Crippen molar-refractivity contribution in [3.05, 3.63) is 118 Å². The van der Waals surface area contributed by atoms with Gasteiger partial charge in [0.05, 0.1) is 23.7 Å². The van der Waals surface area contributed by atoms with Crippen LogP contribution in [-0.4, -0.2) is 127 Å². The zero-order chi connectivity index (χ0) is 44.6. The first-order valence-electron chi connectivity index (χ1n) is 23.7. The number of anilines is 1. The van der Waals surface area contributed by atoms with E-state index in [2.05, 4.69) is 75.6 Å². The number of phenolic OH excluding ortho intramolecular Hbond substituents is 1. The van der Waals surface area contributed by atoms with E-state index in [0.29, 0.717) is 43.8 Å². The summed E-state index contributed by atoms with van der Waals surface area (Å²) in [5.41, 5.74) is 7.57. The van der Waals surface area contributed by atoms with Crippen LogP contribution < -0.4 is 19.7 Å². The normalized spacial score (nSPS) is 26.7. The van der Waals surface area contributed by atoms with Gasteiger partial charge in [-0.2, -0.15) is 0 Å². The van der Waals surface area contributed by atoms with Crippen molar-refractivity contribution in [3.8, 4) is 17.2 Å². The molecule has 2 saturated carbocycles. The topological polar surface area (TPSA) is 127 Å². The molecule has 6 atom stereocenters. The van der Waals surface area contributed by atoms with Crippen LogP contribution in [-0.2, 0) is 34.2 Å². The number of carbonyl (C=O) groups is 1. The van der Waals surface area contributed by atoms with Crippen LogP contribution in [0.5, 0.6) is 17.2 Å². The minimum atomic E-state index is -0.940. The molecule has 11 nitrogen and oxygen atoms in total. The summed E-state index contributed by atoms with van der Waals surface area (Å²) >= 11 is 0. The van der Waals surface area contributed by atoms with E-state index in [4.69, 9.17) is 14.2 Å². The molecule has 342 valence electrons. The van der Waals surface area contributed by atoms with Gasteiger partial charge in [0, 0.05) is 69.6 Å². The van der Waals surface area contributed by atoms with E-state index < -0.39 is 23.2 Å². The molecule has 4 aromatic carbocycles. The largest absolute Gasteiger partial charge is 0.504 e. The number of aliphatic hydroxyl groups excluding tert-OH is 1. The molecule has 2 unspecified atom stereocenters. The van der Waals surface area contributed by atoms with Crippen molar-refractivity contribution in [1.82, 2.24) is 15.1 Å². The summed E-state index contributed by atoms with van der Waals surface area (Å²) in [7, 11) is 3.93. The molecule has 4 aliphatic heterocycles. The molecule has 2 saturated heterocycles. The molecule has 0 radical (unpaired) electrons. The molecule has 0 aromatic heterocycles. The first kappa shape index (κ1) is 44.7. The Hall–Kier alpha value is -4.49. The van der Waals surface area contributed by atoms with Gasteiger partial charge >= 0.3 is 0 Å². The highest BCUT2D eigenvalue weighted by Gasteiger charge is 2.73. The number of piperidine rings is 1. The molecular formula is C53H68N4O7. The smallest absolute Gasteiger partial charge is 0.174 e. The lowest BCUT2D eigenvalue weighted by molar-refractivity contribution is -0.188. The number of rotatable bonds is 11. The fourth-order valence-electron chi connectivity index (χ4n) is 11.5. The predicted molar refractivity (Wildman–Crippen MR) is 250 cm³/mol. The standard InChI is InChI=1S/C20H23NO4.C18H20N2.C15H25NO3/c22-13-4-3-12-9-15-20(24)6-5-14(23)18-19(20,16(12)17(13)25-18)7-8-21(15)10-11-1-2-11;1-19-10-11-20-17-9-5-3-7-15(17)12-14-6-2-4-8-16(14)18(20)13-19;1-12(2)16-10-14(17)11-19-15-6-4-13(5-7-15)8-9-18-3/h3-4,11,15,18,22,24H,1-2,5-10H2;2-9,18H,10-13H2,1H3;4-7,12,14,16-17H,8-11H2,1-3H3/t15-,18+,19+,20-;;/m1../s1. The molecule has 11 rings (SSSR count). The summed E-state index contributed by atoms with van der Waals surface area (Å²) in [4.78, 5) is 20.2. The average Bonchev–Trinajstić information content (AvgIpc) is 4.07. The summed E-state index contributed by atoms with van der Waals surface area (Å²) in [6.45, 7) is 11.0. The van der Waals surface area contributed by atoms with Gasteiger partial charge in [-0.05, 0) is 117 Å². The van der Waals surface area contributed by atoms with E-state index in [-0.39, 0.29) is 17.6 Å². The second-order valence-electron chi connectivity index (χ2n) is 19.6. The molecule has 0 amide bonds. The summed E-state index contributed by atoms with van der Waals surface area (Å²) < 4.78 is 16.6. The number of Topliss-reactive ketones (excluding diaryl/α,β-unsaturated/α-hetero) is 1. The molecule has 64 heavy (non-hydrogen) atoms. The molecule has 4 fully saturated rings. The maximum atomic E-state index is 12.7. The summed E-state index contributed by atoms with van der Waals surface area (Å²) in [6, 6.07) is 30.3. The Kier molecular flexibility index (Phi) is 13.1. The number of phenols is 1. The number of piperazine rings is 1. The molecule has 1 spiro atoms. The van der Waals surface area contributed by atoms with E-state index >= 15 is 0 Å². The highest BCUT2D eigenvalue weighted by Crippen LogP contribution is 2.65. The molecule has 2 bridgehead atoms. The number of aromatic hydroxyl groups is 1. The fraction of sp³-hybridized carbons (Fsp3) is 0.528. The van der Waals surface area contributed by atoms with Crippen molar-refractivity contribution in [1.29, 1.82) is 0 Å². The van der Waals surface area contributed by atoms with Gasteiger partial charge in [0.15, 0.2) is 23.4 Å². The Labute approximate surface area is 379 Å². The minimum Gasteiger partial charge on any atom is -0.504 e. The van der Waals surface area contributed by atoms with Crippen LogP contribution >= 0.6 is 0 Å². The Morgan fingerprint density at radius 1 is 0.922 bits per heavy atom. The van der Waals surface area contributed by atoms with Crippen molar-refractivity contribution in [2.24, 2.45) is 5.92 Å². The van der Waals surface area contributed by atoms with Gasteiger partial charge in [-0.3, -0.25) is 9.69 Å². The molecule has 4 heterocycles. The number of fused-ring (bicyclic) bond motifs is 5. The Morgan fingerprint density at radius 2 is 1.69 bits per heavy atom. The first-order chi connectivity index (χ1) is 31.0. The van der Waals surface area contributed by atoms with Gasteiger partial charge in [0.2, 0.25) is 0 Å². The predicted octanol–water partition coefficient (Wildman–Crippen LogP) is 6.22. The SMILES string of the molecule is CN1CCN2c3ccccc3Cc3ccccc3C2C1.COCCc1ccc(OCC(O)CNC(C)C)cc1.O=C1CC[C@@]2(O)[C@H]3Cc4ccc(O)c5c4[C@@]2(CCN3CC2CC2)[C@H]1O5. The van der Waals surface area contributed by atoms with Gasteiger partial charge in [-0.15, -0.1) is 0 Å². The number of methoxy groups -OCH3 is 1. The van der Waals surface area contributed by atoms with Crippen molar-refractivity contribution >= 4 is 11.5 Å². The van der Waals surface area contributed by atoms with Crippen LogP contribution in [0, 0.1) is 5.92 Å². The van der Waals surface area contributed by atoms with Crippen LogP contribution in [0.3, 0.4) is 0 Å². The number of nitrogens with zero attached hydrogens (tertiary/aromatic N) is 3. The Bertz CT molecular complexity index is 2270. The number of hydrogen-bond acceptors (Lipinski definition) is 11. The van der Waals surface area contributed by atoms with E-state index in [1.54, 1.807) is 13.2 Å². The molecule has 7 aliphatic rings. The lowest BCUT2D eigenvalue weighted by Gasteiger charge is -2.62. The van der Waals surface area contributed by atoms with E-state index in [0.717, 1.165) is 87.8 Å². The van der Waals surface area contributed by atoms with Crippen LogP contribution in [0.1, 0.15) is 85.4 Å². The molecular weight excluding hydrogens is 805 g/mol. The maximum Gasteiger partial charge on any atom is 0.174 e. The Balaban J connectivity index is 0.000000123. The van der Waals surface area contributed by atoms with Crippen molar-refractivity contribution in [2.75, 3.05) is 71.5 Å². The fourth-order valence-corrected chi connectivity index (χ4v) is 11.5. The molecule has 4 aromatic rings. The van der Waals surface area contributed by atoms with Crippen LogP contribution in [0.4, 0.5) is 5.69 Å². The number of carbonyl (C=O) groups excluding carboxylic acids is 1. The lowest BCUT2D eigenvalue weighted by atomic mass is 9.49. The highest BCUT2D eigenvalue weighted by atomic mass is 16.5. The number of likely N-dealkylation sites (N-methyl/N-ethyl adjacent to an activating group) is 1. The number of nitrogens with one attached hydrogen (secondary N) is 1. The third kappa shape index (κ3) is 8.67. The highest BCUT2D eigenvalue weighted by molar-refractivity contribution is 5.90. The summed E-state index contributed by atoms with van der Waals surface area (Å²) in [5, 5.41) is 35.2. The number of hydrogen-bond donors (Lipinski definition) is 4. The second kappa shape index (κ2) is 18.8. The van der Waals surface area contributed by atoms with Crippen molar-refractivity contribution < 1.29 is 34.3 Å². The van der Waals surface area contributed by atoms with Gasteiger partial charge in [0.1, 0.15) is 18.5 Å². The van der Waals surface area contributed by atoms with E-state index in [1.165, 1.54) is 40.8 Å². The van der Waals surface area contributed by atoms with E-state index in [1.807, 2.05) is 44.2 Å². The number of aliphatic hydroxyl groups is 2. The molecule has 11 heteroatoms. The number of likely N-dealkylation sites (tertiary alicyclic amines) is 1. The van der Waals surface area contributed by atoms with Gasteiger partial charge in [-0.1, -0.05) is 74.5 Å². The zero-order valence-corrected chi connectivity index (χ0v) is 38.2. The zero-order valence-electron chi connectivity index (χ0n) is 38.2. The monoisotopic (exact) mass is 873 g/mol. The van der Waals surface area contributed by atoms with Gasteiger partial charge < -0.3 is 44.6 Å².